The van der Waals surface area contributed by atoms with Crippen LogP contribution < -0.4 is 10.1 Å². The average molecular weight is 224 g/mol. The van der Waals surface area contributed by atoms with Gasteiger partial charge in [-0.2, -0.15) is 15.0 Å². The Labute approximate surface area is 96.7 Å². The van der Waals surface area contributed by atoms with Crippen LogP contribution in [0.2, 0.25) is 0 Å². The van der Waals surface area contributed by atoms with Gasteiger partial charge in [-0.1, -0.05) is 20.3 Å². The van der Waals surface area contributed by atoms with E-state index >= 15 is 0 Å². The summed E-state index contributed by atoms with van der Waals surface area (Å²) in [6, 6.07) is 0.389. The number of rotatable bonds is 7. The van der Waals surface area contributed by atoms with Crippen LogP contribution >= 0.6 is 0 Å². The first-order valence-corrected chi connectivity index (χ1v) is 5.83. The van der Waals surface area contributed by atoms with Gasteiger partial charge < -0.3 is 10.1 Å². The van der Waals surface area contributed by atoms with Crippen molar-refractivity contribution in [3.63, 3.8) is 0 Å². The molecule has 0 aliphatic rings. The van der Waals surface area contributed by atoms with E-state index in [0.29, 0.717) is 12.0 Å². The summed E-state index contributed by atoms with van der Waals surface area (Å²) >= 11 is 0. The second-order valence-electron chi connectivity index (χ2n) is 3.59. The summed E-state index contributed by atoms with van der Waals surface area (Å²) in [6.07, 6.45) is 4.13. The predicted octanol–water partition coefficient (Wildman–Crippen LogP) is 2.04. The molecular formula is C11H20N4O. The molecule has 0 aromatic carbocycles. The van der Waals surface area contributed by atoms with Gasteiger partial charge in [0.2, 0.25) is 5.95 Å². The lowest BCUT2D eigenvalue weighted by molar-refractivity contribution is 0.376. The van der Waals surface area contributed by atoms with E-state index in [0.717, 1.165) is 38.1 Å². The van der Waals surface area contributed by atoms with Crippen LogP contribution in [0.25, 0.3) is 0 Å². The standard InChI is InChI=1S/C11H20N4O/c1-4-6-7-9-13-10(12-8-5-2)15-11(14-9)16-3/h4-8H2,1-3H3,(H,12,13,14,15). The molecule has 0 radical (unpaired) electrons. The molecule has 0 amide bonds. The molecule has 16 heavy (non-hydrogen) atoms. The molecule has 5 heteroatoms. The van der Waals surface area contributed by atoms with Gasteiger partial charge in [0.15, 0.2) is 0 Å². The second-order valence-corrected chi connectivity index (χ2v) is 3.59. The van der Waals surface area contributed by atoms with Crippen LogP contribution in [-0.2, 0) is 6.42 Å². The number of nitrogens with zero attached hydrogens (tertiary/aromatic N) is 3. The van der Waals surface area contributed by atoms with E-state index in [4.69, 9.17) is 4.74 Å². The molecule has 1 N–H and O–H groups in total. The monoisotopic (exact) mass is 224 g/mol. The van der Waals surface area contributed by atoms with Gasteiger partial charge in [0.05, 0.1) is 7.11 Å². The van der Waals surface area contributed by atoms with Crippen LogP contribution in [0.15, 0.2) is 0 Å². The highest BCUT2D eigenvalue weighted by Gasteiger charge is 2.05. The second kappa shape index (κ2) is 6.98. The molecule has 1 aromatic heterocycles. The van der Waals surface area contributed by atoms with Crippen molar-refractivity contribution >= 4 is 5.95 Å². The van der Waals surface area contributed by atoms with E-state index in [1.54, 1.807) is 7.11 Å². The van der Waals surface area contributed by atoms with Crippen molar-refractivity contribution in [1.29, 1.82) is 0 Å². The summed E-state index contributed by atoms with van der Waals surface area (Å²) < 4.78 is 5.05. The molecule has 0 atom stereocenters. The number of nitrogens with one attached hydrogen (secondary N) is 1. The molecule has 1 aromatic rings. The van der Waals surface area contributed by atoms with Crippen LogP contribution in [0.3, 0.4) is 0 Å². The van der Waals surface area contributed by atoms with Crippen molar-refractivity contribution in [1.82, 2.24) is 15.0 Å². The third kappa shape index (κ3) is 4.00. The van der Waals surface area contributed by atoms with Gasteiger partial charge >= 0.3 is 6.01 Å². The van der Waals surface area contributed by atoms with Crippen molar-refractivity contribution < 1.29 is 4.74 Å². The third-order valence-electron chi connectivity index (χ3n) is 2.13. The molecule has 0 bridgehead atoms. The zero-order valence-electron chi connectivity index (χ0n) is 10.3. The predicted molar refractivity (Wildman–Crippen MR) is 63.8 cm³/mol. The Morgan fingerprint density at radius 1 is 1.12 bits per heavy atom. The number of aromatic nitrogens is 3. The van der Waals surface area contributed by atoms with Crippen molar-refractivity contribution in [2.45, 2.75) is 39.5 Å². The fraction of sp³-hybridized carbons (Fsp3) is 0.727. The summed E-state index contributed by atoms with van der Waals surface area (Å²) in [4.78, 5) is 12.7. The first-order chi connectivity index (χ1) is 7.80. The molecule has 0 spiro atoms. The summed E-state index contributed by atoms with van der Waals surface area (Å²) in [5.74, 6) is 1.41. The SMILES string of the molecule is CCCCc1nc(NCCC)nc(OC)n1. The fourth-order valence-corrected chi connectivity index (χ4v) is 1.25. The van der Waals surface area contributed by atoms with Crippen molar-refractivity contribution in [2.24, 2.45) is 0 Å². The lowest BCUT2D eigenvalue weighted by atomic mass is 10.2. The van der Waals surface area contributed by atoms with Gasteiger partial charge in [0.1, 0.15) is 5.82 Å². The van der Waals surface area contributed by atoms with Crippen LogP contribution in [0.5, 0.6) is 6.01 Å². The highest BCUT2D eigenvalue weighted by molar-refractivity contribution is 5.25. The van der Waals surface area contributed by atoms with Crippen LogP contribution in [0, 0.1) is 0 Å². The molecule has 5 nitrogen and oxygen atoms in total. The van der Waals surface area contributed by atoms with Crippen molar-refractivity contribution in [2.75, 3.05) is 19.0 Å². The first-order valence-electron chi connectivity index (χ1n) is 5.83. The largest absolute Gasteiger partial charge is 0.467 e. The number of ether oxygens (including phenoxy) is 1. The maximum absolute atomic E-state index is 5.05. The van der Waals surface area contributed by atoms with Gasteiger partial charge in [-0.05, 0) is 12.8 Å². The van der Waals surface area contributed by atoms with E-state index in [2.05, 4.69) is 34.1 Å². The van der Waals surface area contributed by atoms with Gasteiger partial charge in [-0.15, -0.1) is 0 Å². The van der Waals surface area contributed by atoms with E-state index in [-0.39, 0.29) is 0 Å². The lowest BCUT2D eigenvalue weighted by Gasteiger charge is -2.06. The smallest absolute Gasteiger partial charge is 0.321 e. The Bertz CT molecular complexity index is 291. The molecule has 0 saturated carbocycles. The van der Waals surface area contributed by atoms with Gasteiger partial charge in [0.25, 0.3) is 0 Å². The number of unbranched alkanes of at least 4 members (excludes halogenated alkanes) is 1. The van der Waals surface area contributed by atoms with Crippen molar-refractivity contribution in [3.8, 4) is 6.01 Å². The number of methoxy groups -OCH3 is 1. The number of hydrogen-bond donors (Lipinski definition) is 1. The number of aryl methyl sites for hydroxylation is 1. The zero-order valence-corrected chi connectivity index (χ0v) is 10.3. The van der Waals surface area contributed by atoms with Crippen LogP contribution in [-0.4, -0.2) is 28.6 Å². The van der Waals surface area contributed by atoms with Crippen LogP contribution in [0.4, 0.5) is 5.95 Å². The molecule has 0 aliphatic heterocycles. The Morgan fingerprint density at radius 3 is 2.56 bits per heavy atom. The molecule has 1 heterocycles. The minimum absolute atomic E-state index is 0.389. The maximum atomic E-state index is 5.05. The number of hydrogen-bond acceptors (Lipinski definition) is 5. The zero-order chi connectivity index (χ0) is 11.8. The normalized spacial score (nSPS) is 10.2. The lowest BCUT2D eigenvalue weighted by Crippen LogP contribution is -2.09. The molecule has 0 saturated heterocycles. The average Bonchev–Trinajstić information content (AvgIpc) is 2.33. The molecule has 0 fully saturated rings. The highest BCUT2D eigenvalue weighted by atomic mass is 16.5. The van der Waals surface area contributed by atoms with Crippen LogP contribution in [0.1, 0.15) is 38.9 Å². The van der Waals surface area contributed by atoms with E-state index < -0.39 is 0 Å². The topological polar surface area (TPSA) is 59.9 Å². The van der Waals surface area contributed by atoms with Crippen molar-refractivity contribution in [3.05, 3.63) is 5.82 Å². The molecule has 1 rings (SSSR count). The highest BCUT2D eigenvalue weighted by Crippen LogP contribution is 2.09. The Balaban J connectivity index is 2.74. The summed E-state index contributed by atoms with van der Waals surface area (Å²) in [7, 11) is 1.57. The first kappa shape index (κ1) is 12.7. The third-order valence-corrected chi connectivity index (χ3v) is 2.13. The molecule has 90 valence electrons. The Hall–Kier alpha value is -1.39. The van der Waals surface area contributed by atoms with E-state index in [1.807, 2.05) is 0 Å². The minimum atomic E-state index is 0.389. The molecule has 0 aliphatic carbocycles. The summed E-state index contributed by atoms with van der Waals surface area (Å²) in [5, 5.41) is 3.14. The Morgan fingerprint density at radius 2 is 1.94 bits per heavy atom. The van der Waals surface area contributed by atoms with Gasteiger partial charge in [-0.3, -0.25) is 0 Å². The minimum Gasteiger partial charge on any atom is -0.467 e. The van der Waals surface area contributed by atoms with Gasteiger partial charge in [0, 0.05) is 13.0 Å². The van der Waals surface area contributed by atoms with E-state index in [1.165, 1.54) is 0 Å². The maximum Gasteiger partial charge on any atom is 0.321 e. The molecule has 0 unspecified atom stereocenters. The van der Waals surface area contributed by atoms with E-state index in [9.17, 15) is 0 Å². The molecular weight excluding hydrogens is 204 g/mol. The Kier molecular flexibility index (Phi) is 5.53. The van der Waals surface area contributed by atoms with Gasteiger partial charge in [-0.25, -0.2) is 0 Å². The summed E-state index contributed by atoms with van der Waals surface area (Å²) in [6.45, 7) is 5.11. The number of anilines is 1. The quantitative estimate of drug-likeness (QED) is 0.768. The summed E-state index contributed by atoms with van der Waals surface area (Å²) in [5.41, 5.74) is 0. The fourth-order valence-electron chi connectivity index (χ4n) is 1.25.